The molecule has 0 bridgehead atoms. The van der Waals surface area contributed by atoms with Gasteiger partial charge in [0.2, 0.25) is 0 Å². The zero-order chi connectivity index (χ0) is 14.5. The fourth-order valence-electron chi connectivity index (χ4n) is 2.29. The lowest BCUT2D eigenvalue weighted by Gasteiger charge is -2.32. The second-order valence-corrected chi connectivity index (χ2v) is 6.00. The van der Waals surface area contributed by atoms with Crippen molar-refractivity contribution in [3.05, 3.63) is 0 Å². The van der Waals surface area contributed by atoms with Crippen LogP contribution in [0.1, 0.15) is 66.2 Å². The summed E-state index contributed by atoms with van der Waals surface area (Å²) in [5.41, 5.74) is -1.12. The first-order valence-electron chi connectivity index (χ1n) is 7.24. The lowest BCUT2D eigenvalue weighted by Crippen LogP contribution is -2.39. The van der Waals surface area contributed by atoms with Crippen LogP contribution in [0.15, 0.2) is 0 Å². The summed E-state index contributed by atoms with van der Waals surface area (Å²) in [7, 11) is 0. The van der Waals surface area contributed by atoms with Crippen LogP contribution in [-0.4, -0.2) is 24.1 Å². The Morgan fingerprint density at radius 1 is 1.16 bits per heavy atom. The minimum absolute atomic E-state index is 0.187. The Hall–Kier alpha value is -1.06. The number of esters is 2. The minimum Gasteiger partial charge on any atom is -0.466 e. The van der Waals surface area contributed by atoms with E-state index in [9.17, 15) is 9.59 Å². The largest absolute Gasteiger partial charge is 0.466 e. The van der Waals surface area contributed by atoms with Crippen molar-refractivity contribution in [3.8, 4) is 0 Å². The molecule has 0 aliphatic heterocycles. The Morgan fingerprint density at radius 3 is 2.21 bits per heavy atom. The molecule has 4 heteroatoms. The van der Waals surface area contributed by atoms with E-state index < -0.39 is 11.0 Å². The molecular formula is C15H26O4. The van der Waals surface area contributed by atoms with Crippen LogP contribution in [0.25, 0.3) is 0 Å². The third-order valence-corrected chi connectivity index (χ3v) is 4.03. The lowest BCUT2D eigenvalue weighted by atomic mass is 9.89. The minimum atomic E-state index is -0.629. The highest BCUT2D eigenvalue weighted by atomic mass is 16.6. The third-order valence-electron chi connectivity index (χ3n) is 4.03. The van der Waals surface area contributed by atoms with Crippen LogP contribution in [-0.2, 0) is 19.1 Å². The fraction of sp³-hybridized carbons (Fsp3) is 0.867. The molecule has 1 aliphatic rings. The molecule has 19 heavy (non-hydrogen) atoms. The zero-order valence-electron chi connectivity index (χ0n) is 12.6. The lowest BCUT2D eigenvalue weighted by molar-refractivity contribution is -0.174. The molecule has 0 N–H and O–H groups in total. The Balaban J connectivity index is 2.72. The topological polar surface area (TPSA) is 52.6 Å². The van der Waals surface area contributed by atoms with E-state index in [1.807, 2.05) is 20.8 Å². The summed E-state index contributed by atoms with van der Waals surface area (Å²) in [4.78, 5) is 23.9. The molecule has 0 atom stereocenters. The van der Waals surface area contributed by atoms with Crippen molar-refractivity contribution in [1.82, 2.24) is 0 Å². The number of ether oxygens (including phenoxy) is 2. The Morgan fingerprint density at radius 2 is 1.74 bits per heavy atom. The van der Waals surface area contributed by atoms with Crippen molar-refractivity contribution < 1.29 is 19.1 Å². The smallest absolute Gasteiger partial charge is 0.312 e. The molecule has 0 saturated heterocycles. The zero-order valence-corrected chi connectivity index (χ0v) is 12.6. The van der Waals surface area contributed by atoms with Crippen molar-refractivity contribution in [1.29, 1.82) is 0 Å². The maximum Gasteiger partial charge on any atom is 0.312 e. The molecule has 4 nitrogen and oxygen atoms in total. The number of rotatable bonds is 6. The summed E-state index contributed by atoms with van der Waals surface area (Å²) in [5.74, 6) is -0.479. The maximum absolute atomic E-state index is 12.2. The molecule has 1 aliphatic carbocycles. The van der Waals surface area contributed by atoms with Crippen LogP contribution in [0.4, 0.5) is 0 Å². The van der Waals surface area contributed by atoms with Gasteiger partial charge in [-0.15, -0.1) is 0 Å². The van der Waals surface area contributed by atoms with Crippen LogP contribution < -0.4 is 0 Å². The van der Waals surface area contributed by atoms with E-state index in [0.29, 0.717) is 6.61 Å². The predicted octanol–water partition coefficient (Wildman–Crippen LogP) is 3.23. The maximum atomic E-state index is 12.2. The highest BCUT2D eigenvalue weighted by molar-refractivity contribution is 5.77. The van der Waals surface area contributed by atoms with Crippen LogP contribution in [0.3, 0.4) is 0 Å². The Kier molecular flexibility index (Phi) is 5.39. The fourth-order valence-corrected chi connectivity index (χ4v) is 2.29. The van der Waals surface area contributed by atoms with E-state index in [1.165, 1.54) is 0 Å². The van der Waals surface area contributed by atoms with Gasteiger partial charge in [0.1, 0.15) is 5.60 Å². The van der Waals surface area contributed by atoms with Gasteiger partial charge in [-0.1, -0.05) is 6.92 Å². The van der Waals surface area contributed by atoms with Crippen molar-refractivity contribution in [3.63, 3.8) is 0 Å². The summed E-state index contributed by atoms with van der Waals surface area (Å²) in [6.07, 6.45) is 4.43. The van der Waals surface area contributed by atoms with Crippen molar-refractivity contribution >= 4 is 11.9 Å². The van der Waals surface area contributed by atoms with Gasteiger partial charge in [-0.05, 0) is 52.9 Å². The van der Waals surface area contributed by atoms with E-state index in [-0.39, 0.29) is 18.4 Å². The first-order valence-corrected chi connectivity index (χ1v) is 7.24. The number of carbonyl (C=O) groups is 2. The SMILES string of the molecule is CCOC(=O)CC1(OC(=O)C(C)(C)CC)CCCC1. The van der Waals surface area contributed by atoms with Gasteiger partial charge in [0, 0.05) is 0 Å². The summed E-state index contributed by atoms with van der Waals surface area (Å²) >= 11 is 0. The number of hydrogen-bond acceptors (Lipinski definition) is 4. The average molecular weight is 270 g/mol. The standard InChI is InChI=1S/C15H26O4/c1-5-14(3,4)13(17)19-15(9-7-8-10-15)11-12(16)18-6-2/h5-11H2,1-4H3. The van der Waals surface area contributed by atoms with Gasteiger partial charge >= 0.3 is 11.9 Å². The monoisotopic (exact) mass is 270 g/mol. The van der Waals surface area contributed by atoms with Crippen LogP contribution in [0.2, 0.25) is 0 Å². The van der Waals surface area contributed by atoms with Gasteiger partial charge in [0.25, 0.3) is 0 Å². The molecule has 0 amide bonds. The van der Waals surface area contributed by atoms with Crippen molar-refractivity contribution in [2.75, 3.05) is 6.61 Å². The second-order valence-electron chi connectivity index (χ2n) is 6.00. The number of carbonyl (C=O) groups excluding carboxylic acids is 2. The van der Waals surface area contributed by atoms with Gasteiger partial charge in [-0.3, -0.25) is 9.59 Å². The Labute approximate surface area is 115 Å². The molecule has 0 unspecified atom stereocenters. The quantitative estimate of drug-likeness (QED) is 0.695. The molecule has 0 aromatic heterocycles. The van der Waals surface area contributed by atoms with E-state index in [2.05, 4.69) is 0 Å². The van der Waals surface area contributed by atoms with E-state index >= 15 is 0 Å². The molecule has 0 aromatic rings. The van der Waals surface area contributed by atoms with Crippen LogP contribution in [0.5, 0.6) is 0 Å². The molecule has 110 valence electrons. The number of hydrogen-bond donors (Lipinski definition) is 0. The van der Waals surface area contributed by atoms with Crippen molar-refractivity contribution in [2.24, 2.45) is 5.41 Å². The average Bonchev–Trinajstić information content (AvgIpc) is 2.77. The molecule has 0 radical (unpaired) electrons. The van der Waals surface area contributed by atoms with Crippen molar-refractivity contribution in [2.45, 2.75) is 71.8 Å². The van der Waals surface area contributed by atoms with Gasteiger partial charge < -0.3 is 9.47 Å². The Bertz CT molecular complexity index is 327. The predicted molar refractivity (Wildman–Crippen MR) is 72.6 cm³/mol. The van der Waals surface area contributed by atoms with Crippen LogP contribution in [0, 0.1) is 5.41 Å². The summed E-state index contributed by atoms with van der Waals surface area (Å²) in [6, 6.07) is 0. The molecular weight excluding hydrogens is 244 g/mol. The molecule has 0 heterocycles. The summed E-state index contributed by atoms with van der Waals surface area (Å²) < 4.78 is 10.7. The molecule has 1 fully saturated rings. The third kappa shape index (κ3) is 4.22. The highest BCUT2D eigenvalue weighted by Crippen LogP contribution is 2.38. The van der Waals surface area contributed by atoms with E-state index in [0.717, 1.165) is 32.1 Å². The van der Waals surface area contributed by atoms with Gasteiger partial charge in [-0.2, -0.15) is 0 Å². The van der Waals surface area contributed by atoms with Gasteiger partial charge in [0.15, 0.2) is 0 Å². The molecule has 1 saturated carbocycles. The second kappa shape index (κ2) is 6.40. The van der Waals surface area contributed by atoms with Gasteiger partial charge in [0.05, 0.1) is 18.4 Å². The summed E-state index contributed by atoms with van der Waals surface area (Å²) in [5, 5.41) is 0. The van der Waals surface area contributed by atoms with E-state index in [1.54, 1.807) is 6.92 Å². The van der Waals surface area contributed by atoms with E-state index in [4.69, 9.17) is 9.47 Å². The van der Waals surface area contributed by atoms with Gasteiger partial charge in [-0.25, -0.2) is 0 Å². The first kappa shape index (κ1) is 16.0. The highest BCUT2D eigenvalue weighted by Gasteiger charge is 2.42. The summed E-state index contributed by atoms with van der Waals surface area (Å²) in [6.45, 7) is 7.87. The normalized spacial score (nSPS) is 18.1. The molecule has 0 spiro atoms. The molecule has 0 aromatic carbocycles. The first-order chi connectivity index (χ1) is 8.85. The molecule has 1 rings (SSSR count). The van der Waals surface area contributed by atoms with Crippen LogP contribution >= 0.6 is 0 Å².